The summed E-state index contributed by atoms with van der Waals surface area (Å²) in [7, 11) is 0. The minimum Gasteiger partial charge on any atom is -0.382 e. The molecule has 0 radical (unpaired) electrons. The molecule has 0 aliphatic heterocycles. The van der Waals surface area contributed by atoms with Gasteiger partial charge in [-0.1, -0.05) is 11.8 Å². The van der Waals surface area contributed by atoms with Crippen LogP contribution in [0.15, 0.2) is 9.95 Å². The zero-order valence-electron chi connectivity index (χ0n) is 16.0. The summed E-state index contributed by atoms with van der Waals surface area (Å²) in [6, 6.07) is 0. The van der Waals surface area contributed by atoms with Crippen LogP contribution in [0.1, 0.15) is 37.6 Å². The summed E-state index contributed by atoms with van der Waals surface area (Å²) in [6.45, 7) is 12.0. The third kappa shape index (κ3) is 4.66. The number of aryl methyl sites for hydroxylation is 2. The molecule has 0 saturated carbocycles. The minimum atomic E-state index is -0.320. The lowest BCUT2D eigenvalue weighted by Crippen LogP contribution is -2.32. The van der Waals surface area contributed by atoms with E-state index >= 15 is 0 Å². The second-order valence-electron chi connectivity index (χ2n) is 6.02. The molecule has 0 spiro atoms. The zero-order valence-corrected chi connectivity index (χ0v) is 17.7. The van der Waals surface area contributed by atoms with Crippen LogP contribution in [-0.4, -0.2) is 40.5 Å². The Morgan fingerprint density at radius 3 is 2.77 bits per heavy atom. The lowest BCUT2D eigenvalue weighted by atomic mass is 10.2. The van der Waals surface area contributed by atoms with Gasteiger partial charge >= 0.3 is 0 Å². The Labute approximate surface area is 162 Å². The maximum absolute atomic E-state index is 13.1. The van der Waals surface area contributed by atoms with Gasteiger partial charge in [-0.2, -0.15) is 0 Å². The molecule has 0 fully saturated rings. The summed E-state index contributed by atoms with van der Waals surface area (Å²) >= 11 is 2.86. The Bertz CT molecular complexity index is 829. The van der Waals surface area contributed by atoms with Crippen LogP contribution in [0, 0.1) is 13.8 Å². The van der Waals surface area contributed by atoms with Crippen LogP contribution in [-0.2, 0) is 16.1 Å². The third-order valence-corrected chi connectivity index (χ3v) is 6.32. The number of nitrogens with one attached hydrogen (secondary N) is 1. The first-order chi connectivity index (χ1) is 12.4. The zero-order chi connectivity index (χ0) is 19.3. The van der Waals surface area contributed by atoms with Crippen LogP contribution in [0.2, 0.25) is 0 Å². The fraction of sp³-hybridized carbons (Fsp3) is 0.611. The number of hydrogen-bond donors (Lipinski definition) is 1. The molecule has 0 aromatic carbocycles. The lowest BCUT2D eigenvalue weighted by molar-refractivity contribution is -0.120. The van der Waals surface area contributed by atoms with Crippen molar-refractivity contribution in [3.8, 4) is 0 Å². The summed E-state index contributed by atoms with van der Waals surface area (Å²) in [4.78, 5) is 31.8. The minimum absolute atomic E-state index is 0.0288. The number of thiophene rings is 1. The van der Waals surface area contributed by atoms with Crippen molar-refractivity contribution in [2.75, 3.05) is 19.8 Å². The Morgan fingerprint density at radius 1 is 1.38 bits per heavy atom. The van der Waals surface area contributed by atoms with Crippen LogP contribution in [0.25, 0.3) is 10.2 Å². The quantitative estimate of drug-likeness (QED) is 0.400. The van der Waals surface area contributed by atoms with Gasteiger partial charge in [0.1, 0.15) is 4.83 Å². The van der Waals surface area contributed by atoms with Gasteiger partial charge in [0.05, 0.1) is 10.6 Å². The normalized spacial score (nSPS) is 12.5. The van der Waals surface area contributed by atoms with E-state index in [2.05, 4.69) is 5.32 Å². The van der Waals surface area contributed by atoms with E-state index in [1.54, 1.807) is 4.57 Å². The number of ether oxygens (including phenoxy) is 1. The van der Waals surface area contributed by atoms with Crippen molar-refractivity contribution < 1.29 is 9.53 Å². The molecule has 2 aromatic heterocycles. The molecule has 8 heteroatoms. The monoisotopic (exact) mass is 397 g/mol. The maximum atomic E-state index is 13.1. The second kappa shape index (κ2) is 9.53. The first kappa shape index (κ1) is 20.9. The molecule has 1 N–H and O–H groups in total. The highest BCUT2D eigenvalue weighted by Gasteiger charge is 2.21. The Balaban J connectivity index is 2.41. The Morgan fingerprint density at radius 2 is 2.12 bits per heavy atom. The molecule has 0 saturated heterocycles. The van der Waals surface area contributed by atoms with Gasteiger partial charge in [0.25, 0.3) is 5.56 Å². The van der Waals surface area contributed by atoms with Crippen LogP contribution < -0.4 is 10.9 Å². The maximum Gasteiger partial charge on any atom is 0.263 e. The molecule has 26 heavy (non-hydrogen) atoms. The molecule has 0 unspecified atom stereocenters. The van der Waals surface area contributed by atoms with Gasteiger partial charge in [0.2, 0.25) is 5.91 Å². The van der Waals surface area contributed by atoms with Crippen molar-refractivity contribution in [3.63, 3.8) is 0 Å². The highest BCUT2D eigenvalue weighted by Crippen LogP contribution is 2.29. The highest BCUT2D eigenvalue weighted by molar-refractivity contribution is 8.00. The fourth-order valence-electron chi connectivity index (χ4n) is 2.59. The molecule has 144 valence electrons. The predicted octanol–water partition coefficient (Wildman–Crippen LogP) is 3.12. The summed E-state index contributed by atoms with van der Waals surface area (Å²) in [5, 5.41) is 3.79. The van der Waals surface area contributed by atoms with E-state index in [1.807, 2.05) is 34.6 Å². The number of rotatable bonds is 9. The van der Waals surface area contributed by atoms with Crippen LogP contribution in [0.3, 0.4) is 0 Å². The number of carbonyl (C=O) groups is 1. The van der Waals surface area contributed by atoms with Gasteiger partial charge in [0.15, 0.2) is 5.16 Å². The van der Waals surface area contributed by atoms with Gasteiger partial charge in [0, 0.05) is 31.2 Å². The molecular weight excluding hydrogens is 370 g/mol. The largest absolute Gasteiger partial charge is 0.382 e. The molecule has 0 bridgehead atoms. The molecule has 2 rings (SSSR count). The predicted molar refractivity (Wildman–Crippen MR) is 108 cm³/mol. The Hall–Kier alpha value is -1.38. The first-order valence-electron chi connectivity index (χ1n) is 8.93. The average Bonchev–Trinajstić information content (AvgIpc) is 2.88. The van der Waals surface area contributed by atoms with Gasteiger partial charge in [-0.05, 0) is 46.6 Å². The number of thioether (sulfide) groups is 1. The van der Waals surface area contributed by atoms with Crippen LogP contribution in [0.5, 0.6) is 0 Å². The standard InChI is InChI=1S/C18H27N3O3S2/c1-6-19-15(22)13(5)26-18-20-16-14(11(3)12(4)25-16)17(23)21(18)9-8-10-24-7-2/h13H,6-10H2,1-5H3,(H,19,22)/t13-/m1/s1. The third-order valence-electron chi connectivity index (χ3n) is 4.13. The molecule has 2 aromatic rings. The van der Waals surface area contributed by atoms with Crippen molar-refractivity contribution in [3.05, 3.63) is 20.8 Å². The number of nitrogens with zero attached hydrogens (tertiary/aromatic N) is 2. The van der Waals surface area contributed by atoms with E-state index in [1.165, 1.54) is 23.1 Å². The van der Waals surface area contributed by atoms with E-state index in [9.17, 15) is 9.59 Å². The van der Waals surface area contributed by atoms with Crippen molar-refractivity contribution in [2.45, 2.75) is 58.0 Å². The summed E-state index contributed by atoms with van der Waals surface area (Å²) < 4.78 is 7.09. The summed E-state index contributed by atoms with van der Waals surface area (Å²) in [5.41, 5.74) is 0.966. The number of carbonyl (C=O) groups excluding carboxylic acids is 1. The van der Waals surface area contributed by atoms with Crippen molar-refractivity contribution in [2.24, 2.45) is 0 Å². The molecule has 1 atom stereocenters. The SMILES string of the molecule is CCNC(=O)[C@@H](C)Sc1nc2sc(C)c(C)c2c(=O)n1CCCOCC. The number of hydrogen-bond acceptors (Lipinski definition) is 6. The van der Waals surface area contributed by atoms with Crippen LogP contribution in [0.4, 0.5) is 0 Å². The lowest BCUT2D eigenvalue weighted by Gasteiger charge is -2.15. The van der Waals surface area contributed by atoms with Gasteiger partial charge < -0.3 is 10.1 Å². The van der Waals surface area contributed by atoms with Crippen molar-refractivity contribution in [1.82, 2.24) is 14.9 Å². The number of aromatic nitrogens is 2. The average molecular weight is 398 g/mol. The summed E-state index contributed by atoms with van der Waals surface area (Å²) in [6.07, 6.45) is 0.728. The van der Waals surface area contributed by atoms with Crippen molar-refractivity contribution >= 4 is 39.2 Å². The van der Waals surface area contributed by atoms with E-state index in [-0.39, 0.29) is 16.7 Å². The van der Waals surface area contributed by atoms with Gasteiger partial charge in [-0.15, -0.1) is 11.3 Å². The molecular formula is C18H27N3O3S2. The van der Waals surface area contributed by atoms with Crippen LogP contribution >= 0.6 is 23.1 Å². The molecule has 6 nitrogen and oxygen atoms in total. The van der Waals surface area contributed by atoms with E-state index in [4.69, 9.17) is 9.72 Å². The molecule has 2 heterocycles. The highest BCUT2D eigenvalue weighted by atomic mass is 32.2. The molecule has 0 aliphatic rings. The second-order valence-corrected chi connectivity index (χ2v) is 8.53. The smallest absolute Gasteiger partial charge is 0.263 e. The Kier molecular flexibility index (Phi) is 7.67. The van der Waals surface area contributed by atoms with E-state index in [0.717, 1.165) is 21.7 Å². The van der Waals surface area contributed by atoms with Crippen molar-refractivity contribution in [1.29, 1.82) is 0 Å². The van der Waals surface area contributed by atoms with Gasteiger partial charge in [-0.3, -0.25) is 14.2 Å². The summed E-state index contributed by atoms with van der Waals surface area (Å²) in [5.74, 6) is -0.0498. The van der Waals surface area contributed by atoms with E-state index in [0.29, 0.717) is 36.8 Å². The number of fused-ring (bicyclic) bond motifs is 1. The topological polar surface area (TPSA) is 73.2 Å². The molecule has 0 aliphatic carbocycles. The first-order valence-corrected chi connectivity index (χ1v) is 10.6. The molecule has 1 amide bonds. The number of amides is 1. The van der Waals surface area contributed by atoms with Gasteiger partial charge in [-0.25, -0.2) is 4.98 Å². The van der Waals surface area contributed by atoms with E-state index < -0.39 is 0 Å². The fourth-order valence-corrected chi connectivity index (χ4v) is 4.62.